The summed E-state index contributed by atoms with van der Waals surface area (Å²) in [5.74, 6) is -0.00313. The molecule has 0 unspecified atom stereocenters. The third-order valence-corrected chi connectivity index (χ3v) is 5.70. The monoisotopic (exact) mass is 514 g/mol. The molecule has 2 rings (SSSR count). The minimum Gasteiger partial charge on any atom is -0.483 e. The second-order valence-electron chi connectivity index (χ2n) is 6.69. The summed E-state index contributed by atoms with van der Waals surface area (Å²) in [6.07, 6.45) is 1.28. The molecule has 0 aliphatic rings. The zero-order chi connectivity index (χ0) is 22.1. The molecule has 8 heteroatoms. The quantitative estimate of drug-likeness (QED) is 0.456. The topological polar surface area (TPSA) is 58.6 Å². The van der Waals surface area contributed by atoms with E-state index in [2.05, 4.69) is 21.2 Å². The molecule has 0 fully saturated rings. The van der Waals surface area contributed by atoms with E-state index in [4.69, 9.17) is 27.9 Å². The number of ether oxygens (including phenoxy) is 1. The van der Waals surface area contributed by atoms with Gasteiger partial charge < -0.3 is 15.0 Å². The van der Waals surface area contributed by atoms with Gasteiger partial charge in [-0.1, -0.05) is 55.2 Å². The second-order valence-corrected chi connectivity index (χ2v) is 8.39. The lowest BCUT2D eigenvalue weighted by atomic mass is 10.1. The van der Waals surface area contributed by atoms with E-state index in [9.17, 15) is 9.59 Å². The fourth-order valence-electron chi connectivity index (χ4n) is 2.91. The molecule has 0 heterocycles. The van der Waals surface area contributed by atoms with Gasteiger partial charge in [-0.05, 0) is 58.6 Å². The first-order valence-electron chi connectivity index (χ1n) is 9.75. The lowest BCUT2D eigenvalue weighted by Gasteiger charge is -2.31. The highest BCUT2D eigenvalue weighted by atomic mass is 79.9. The van der Waals surface area contributed by atoms with Crippen molar-refractivity contribution in [3.63, 3.8) is 0 Å². The third kappa shape index (κ3) is 6.89. The van der Waals surface area contributed by atoms with Gasteiger partial charge in [0, 0.05) is 23.1 Å². The van der Waals surface area contributed by atoms with Crippen LogP contribution in [-0.2, 0) is 16.1 Å². The van der Waals surface area contributed by atoms with Gasteiger partial charge in [-0.2, -0.15) is 0 Å². The second kappa shape index (κ2) is 12.2. The van der Waals surface area contributed by atoms with Crippen molar-refractivity contribution >= 4 is 50.9 Å². The standard InChI is InChI=1S/C22H25BrCl2N2O3/c1-3-11-26-22(29)19(4-2)27(13-15-7-5-6-8-18(15)25)21(28)14-30-20-10-9-16(24)12-17(20)23/h5-10,12,19H,3-4,11,13-14H2,1-2H3,(H,26,29)/t19-/m0/s1. The van der Waals surface area contributed by atoms with Crippen LogP contribution < -0.4 is 10.1 Å². The first-order chi connectivity index (χ1) is 14.4. The van der Waals surface area contributed by atoms with Gasteiger partial charge in [-0.25, -0.2) is 0 Å². The molecule has 0 saturated carbocycles. The molecule has 0 bridgehead atoms. The molecule has 0 aromatic heterocycles. The maximum Gasteiger partial charge on any atom is 0.261 e. The van der Waals surface area contributed by atoms with Gasteiger partial charge >= 0.3 is 0 Å². The highest BCUT2D eigenvalue weighted by molar-refractivity contribution is 9.10. The maximum absolute atomic E-state index is 13.1. The molecule has 0 aliphatic carbocycles. The molecular weight excluding hydrogens is 491 g/mol. The molecule has 1 N–H and O–H groups in total. The molecule has 0 aliphatic heterocycles. The van der Waals surface area contributed by atoms with E-state index < -0.39 is 6.04 Å². The Hall–Kier alpha value is -1.76. The Morgan fingerprint density at radius 3 is 2.53 bits per heavy atom. The van der Waals surface area contributed by atoms with Crippen LogP contribution in [-0.4, -0.2) is 35.9 Å². The SMILES string of the molecule is CCCNC(=O)[C@H](CC)N(Cc1ccccc1Cl)C(=O)COc1ccc(Cl)cc1Br. The predicted molar refractivity (Wildman–Crippen MR) is 124 cm³/mol. The summed E-state index contributed by atoms with van der Waals surface area (Å²) < 4.78 is 6.34. The lowest BCUT2D eigenvalue weighted by molar-refractivity contribution is -0.143. The Kier molecular flexibility index (Phi) is 9.95. The third-order valence-electron chi connectivity index (χ3n) is 4.48. The Labute approximate surface area is 195 Å². The maximum atomic E-state index is 13.1. The summed E-state index contributed by atoms with van der Waals surface area (Å²) in [5.41, 5.74) is 0.766. The number of nitrogens with zero attached hydrogens (tertiary/aromatic N) is 1. The van der Waals surface area contributed by atoms with Crippen LogP contribution in [0, 0.1) is 0 Å². The average Bonchev–Trinajstić information content (AvgIpc) is 2.72. The molecule has 0 saturated heterocycles. The van der Waals surface area contributed by atoms with Crippen molar-refractivity contribution in [1.29, 1.82) is 0 Å². The Morgan fingerprint density at radius 2 is 1.90 bits per heavy atom. The normalized spacial score (nSPS) is 11.6. The number of carbonyl (C=O) groups is 2. The summed E-state index contributed by atoms with van der Waals surface area (Å²) in [7, 11) is 0. The van der Waals surface area contributed by atoms with Crippen LogP contribution in [0.25, 0.3) is 0 Å². The van der Waals surface area contributed by atoms with Crippen molar-refractivity contribution in [2.24, 2.45) is 0 Å². The van der Waals surface area contributed by atoms with Crippen molar-refractivity contribution in [2.75, 3.05) is 13.2 Å². The summed E-state index contributed by atoms with van der Waals surface area (Å²) >= 11 is 15.6. The Morgan fingerprint density at radius 1 is 1.17 bits per heavy atom. The predicted octanol–water partition coefficient (Wildman–Crippen LogP) is 5.47. The van der Waals surface area contributed by atoms with Crippen LogP contribution in [0.5, 0.6) is 5.75 Å². The summed E-state index contributed by atoms with van der Waals surface area (Å²) in [4.78, 5) is 27.4. The van der Waals surface area contributed by atoms with Gasteiger partial charge in [0.25, 0.3) is 5.91 Å². The smallest absolute Gasteiger partial charge is 0.261 e. The van der Waals surface area contributed by atoms with Crippen LogP contribution in [0.1, 0.15) is 32.3 Å². The van der Waals surface area contributed by atoms with Crippen molar-refractivity contribution < 1.29 is 14.3 Å². The molecule has 5 nitrogen and oxygen atoms in total. The fraction of sp³-hybridized carbons (Fsp3) is 0.364. The van der Waals surface area contributed by atoms with Crippen LogP contribution in [0.15, 0.2) is 46.9 Å². The zero-order valence-corrected chi connectivity index (χ0v) is 20.1. The number of hydrogen-bond acceptors (Lipinski definition) is 3. The number of benzene rings is 2. The Bertz CT molecular complexity index is 879. The molecule has 2 amide bonds. The van der Waals surface area contributed by atoms with E-state index in [0.717, 1.165) is 12.0 Å². The van der Waals surface area contributed by atoms with E-state index in [1.165, 1.54) is 4.90 Å². The van der Waals surface area contributed by atoms with Crippen LogP contribution in [0.2, 0.25) is 10.0 Å². The van der Waals surface area contributed by atoms with Gasteiger partial charge in [-0.3, -0.25) is 9.59 Å². The minimum absolute atomic E-state index is 0.188. The van der Waals surface area contributed by atoms with Gasteiger partial charge in [0.05, 0.1) is 4.47 Å². The summed E-state index contributed by atoms with van der Waals surface area (Å²) in [6, 6.07) is 11.7. The molecule has 2 aromatic carbocycles. The van der Waals surface area contributed by atoms with Crippen LogP contribution >= 0.6 is 39.1 Å². The fourth-order valence-corrected chi connectivity index (χ4v) is 3.90. The summed E-state index contributed by atoms with van der Waals surface area (Å²) in [6.45, 7) is 4.40. The molecule has 1 atom stereocenters. The number of halogens is 3. The molecule has 2 aromatic rings. The van der Waals surface area contributed by atoms with E-state index in [-0.39, 0.29) is 25.0 Å². The number of hydrogen-bond donors (Lipinski definition) is 1. The van der Waals surface area contributed by atoms with Crippen molar-refractivity contribution in [2.45, 2.75) is 39.3 Å². The lowest BCUT2D eigenvalue weighted by Crippen LogP contribution is -2.50. The van der Waals surface area contributed by atoms with Gasteiger partial charge in [0.1, 0.15) is 11.8 Å². The number of nitrogens with one attached hydrogen (secondary N) is 1. The largest absolute Gasteiger partial charge is 0.483 e. The highest BCUT2D eigenvalue weighted by Gasteiger charge is 2.29. The number of carbonyl (C=O) groups excluding carboxylic acids is 2. The minimum atomic E-state index is -0.627. The van der Waals surface area contributed by atoms with E-state index >= 15 is 0 Å². The van der Waals surface area contributed by atoms with Crippen LogP contribution in [0.3, 0.4) is 0 Å². The first-order valence-corrected chi connectivity index (χ1v) is 11.3. The highest BCUT2D eigenvalue weighted by Crippen LogP contribution is 2.28. The van der Waals surface area contributed by atoms with Gasteiger partial charge in [0.15, 0.2) is 6.61 Å². The molecule has 0 radical (unpaired) electrons. The average molecular weight is 516 g/mol. The first kappa shape index (κ1) is 24.5. The molecule has 0 spiro atoms. The molecule has 162 valence electrons. The Balaban J connectivity index is 2.22. The van der Waals surface area contributed by atoms with Gasteiger partial charge in [-0.15, -0.1) is 0 Å². The van der Waals surface area contributed by atoms with Crippen molar-refractivity contribution in [1.82, 2.24) is 10.2 Å². The number of rotatable bonds is 10. The van der Waals surface area contributed by atoms with Crippen LogP contribution in [0.4, 0.5) is 0 Å². The zero-order valence-electron chi connectivity index (χ0n) is 17.0. The van der Waals surface area contributed by atoms with E-state index in [0.29, 0.717) is 33.2 Å². The van der Waals surface area contributed by atoms with E-state index in [1.807, 2.05) is 32.0 Å². The van der Waals surface area contributed by atoms with Crippen molar-refractivity contribution in [3.8, 4) is 5.75 Å². The van der Waals surface area contributed by atoms with E-state index in [1.54, 1.807) is 24.3 Å². The van der Waals surface area contributed by atoms with Gasteiger partial charge in [0.2, 0.25) is 5.91 Å². The van der Waals surface area contributed by atoms with Crippen molar-refractivity contribution in [3.05, 3.63) is 62.5 Å². The molecular formula is C22H25BrCl2N2O3. The summed E-state index contributed by atoms with van der Waals surface area (Å²) in [5, 5.41) is 3.98. The molecule has 30 heavy (non-hydrogen) atoms. The number of amides is 2.